The average molecular weight is 568 g/mol. The number of alkyl halides is 1. The summed E-state index contributed by atoms with van der Waals surface area (Å²) in [5, 5.41) is 0. The van der Waals surface area contributed by atoms with Gasteiger partial charge < -0.3 is 4.74 Å². The third kappa shape index (κ3) is 6.11. The van der Waals surface area contributed by atoms with Crippen LogP contribution in [0.2, 0.25) is 0 Å². The van der Waals surface area contributed by atoms with Gasteiger partial charge in [0.1, 0.15) is 34.8 Å². The van der Waals surface area contributed by atoms with Crippen LogP contribution in [0.4, 0.5) is 39.5 Å². The Morgan fingerprint density at radius 3 is 1.75 bits per heavy atom. The monoisotopic (exact) mass is 568 g/mol. The minimum atomic E-state index is -2.96. The van der Waals surface area contributed by atoms with E-state index in [0.29, 0.717) is 18.6 Å². The lowest BCUT2D eigenvalue weighted by Crippen LogP contribution is -2.09. The highest BCUT2D eigenvalue weighted by Gasteiger charge is 2.26. The summed E-state index contributed by atoms with van der Waals surface area (Å²) in [5.74, 6) is -12.7. The summed E-state index contributed by atoms with van der Waals surface area (Å²) in [7, 11) is 0. The summed E-state index contributed by atoms with van der Waals surface area (Å²) in [5.41, 5.74) is -2.36. The first-order valence-electron chi connectivity index (χ1n) is 12.2. The number of hydrogen-bond acceptors (Lipinski definition) is 1. The predicted octanol–water partition coefficient (Wildman–Crippen LogP) is 9.91. The Hall–Kier alpha value is -3.95. The zero-order valence-corrected chi connectivity index (χ0v) is 20.9. The predicted molar refractivity (Wildman–Crippen MR) is 131 cm³/mol. The van der Waals surface area contributed by atoms with Crippen LogP contribution in [0.1, 0.15) is 43.7 Å². The Bertz CT molecular complexity index is 1480. The van der Waals surface area contributed by atoms with Crippen molar-refractivity contribution in [3.05, 3.63) is 112 Å². The largest absolute Gasteiger partial charge is 0.456 e. The van der Waals surface area contributed by atoms with E-state index in [1.165, 1.54) is 12.1 Å². The molecule has 0 saturated heterocycles. The highest BCUT2D eigenvalue weighted by molar-refractivity contribution is 5.72. The van der Waals surface area contributed by atoms with Gasteiger partial charge in [0.05, 0.1) is 11.1 Å². The van der Waals surface area contributed by atoms with Gasteiger partial charge in [0, 0.05) is 17.7 Å². The van der Waals surface area contributed by atoms with Gasteiger partial charge in [0.2, 0.25) is 0 Å². The molecular formula is C30H21F9O. The normalized spacial score (nSPS) is 12.1. The fraction of sp³-hybridized carbons (Fsp3) is 0.200. The molecule has 0 amide bonds. The molecule has 0 aliphatic carbocycles. The Balaban J connectivity index is 1.62. The molecule has 0 aromatic heterocycles. The van der Waals surface area contributed by atoms with Gasteiger partial charge in [-0.3, -0.25) is 0 Å². The molecule has 1 nitrogen and oxygen atoms in total. The quantitative estimate of drug-likeness (QED) is 0.111. The zero-order chi connectivity index (χ0) is 29.1. The first kappa shape index (κ1) is 29.0. The van der Waals surface area contributed by atoms with E-state index in [1.807, 2.05) is 6.92 Å². The van der Waals surface area contributed by atoms with E-state index in [-0.39, 0.29) is 23.3 Å². The van der Waals surface area contributed by atoms with Crippen molar-refractivity contribution < 1.29 is 44.3 Å². The molecule has 0 fully saturated rings. The minimum Gasteiger partial charge on any atom is -0.456 e. The van der Waals surface area contributed by atoms with E-state index < -0.39 is 75.3 Å². The standard InChI is InChI=1S/C30H21F9O/c1-2-3-4-5-15-6-7-19(20(31)8-15)16-9-21(32)27(22(33)10-16)17-11-23(34)28(24(35)12-17)30(39)40-18-13-25(36)29(38)26(37)14-18/h6-14,30H,2-5H2,1H3. The van der Waals surface area contributed by atoms with Gasteiger partial charge in [-0.2, -0.15) is 4.39 Å². The van der Waals surface area contributed by atoms with Gasteiger partial charge in [-0.1, -0.05) is 31.9 Å². The van der Waals surface area contributed by atoms with Crippen molar-refractivity contribution >= 4 is 0 Å². The molecular weight excluding hydrogens is 547 g/mol. The van der Waals surface area contributed by atoms with Gasteiger partial charge in [-0.05, 0) is 59.9 Å². The second-order valence-corrected chi connectivity index (χ2v) is 9.07. The summed E-state index contributed by atoms with van der Waals surface area (Å²) in [4.78, 5) is 0. The smallest absolute Gasteiger partial charge is 0.269 e. The number of aryl methyl sites for hydroxylation is 1. The number of hydrogen-bond donors (Lipinski definition) is 0. The summed E-state index contributed by atoms with van der Waals surface area (Å²) in [6, 6.07) is 7.33. The molecule has 0 bridgehead atoms. The van der Waals surface area contributed by atoms with Crippen LogP contribution in [0.5, 0.6) is 5.75 Å². The van der Waals surface area contributed by atoms with Crippen LogP contribution in [0.15, 0.2) is 54.6 Å². The van der Waals surface area contributed by atoms with Gasteiger partial charge in [-0.15, -0.1) is 0 Å². The fourth-order valence-corrected chi connectivity index (χ4v) is 4.26. The van der Waals surface area contributed by atoms with Crippen molar-refractivity contribution in [3.63, 3.8) is 0 Å². The first-order valence-corrected chi connectivity index (χ1v) is 12.2. The highest BCUT2D eigenvalue weighted by atomic mass is 19.2. The maximum Gasteiger partial charge on any atom is 0.269 e. The molecule has 1 atom stereocenters. The number of rotatable bonds is 9. The van der Waals surface area contributed by atoms with Crippen LogP contribution in [-0.4, -0.2) is 0 Å². The molecule has 4 aromatic carbocycles. The fourth-order valence-electron chi connectivity index (χ4n) is 4.26. The van der Waals surface area contributed by atoms with Crippen molar-refractivity contribution in [1.29, 1.82) is 0 Å². The second-order valence-electron chi connectivity index (χ2n) is 9.07. The zero-order valence-electron chi connectivity index (χ0n) is 20.9. The van der Waals surface area contributed by atoms with Crippen LogP contribution in [-0.2, 0) is 6.42 Å². The van der Waals surface area contributed by atoms with E-state index in [9.17, 15) is 30.7 Å². The molecule has 0 aliphatic heterocycles. The van der Waals surface area contributed by atoms with E-state index in [1.54, 1.807) is 6.07 Å². The topological polar surface area (TPSA) is 9.23 Å². The highest BCUT2D eigenvalue weighted by Crippen LogP contribution is 2.36. The Morgan fingerprint density at radius 2 is 1.20 bits per heavy atom. The number of benzene rings is 4. The first-order chi connectivity index (χ1) is 19.0. The molecule has 0 aliphatic rings. The van der Waals surface area contributed by atoms with Crippen LogP contribution in [0.25, 0.3) is 22.3 Å². The van der Waals surface area contributed by atoms with Gasteiger partial charge in [-0.25, -0.2) is 35.1 Å². The Labute approximate surface area is 223 Å². The lowest BCUT2D eigenvalue weighted by atomic mass is 9.96. The van der Waals surface area contributed by atoms with Crippen LogP contribution in [0.3, 0.4) is 0 Å². The molecule has 0 saturated carbocycles. The van der Waals surface area contributed by atoms with E-state index >= 15 is 8.78 Å². The van der Waals surface area contributed by atoms with E-state index in [0.717, 1.165) is 37.0 Å². The van der Waals surface area contributed by atoms with Gasteiger partial charge >= 0.3 is 0 Å². The SMILES string of the molecule is CCCCCc1ccc(-c2cc(F)c(-c3cc(F)c(C(F)Oc4cc(F)c(F)c(F)c4)c(F)c3)c(F)c2)c(F)c1. The van der Waals surface area contributed by atoms with Crippen molar-refractivity contribution in [2.45, 2.75) is 39.0 Å². The van der Waals surface area contributed by atoms with E-state index in [4.69, 9.17) is 0 Å². The van der Waals surface area contributed by atoms with Crippen molar-refractivity contribution in [2.24, 2.45) is 0 Å². The lowest BCUT2D eigenvalue weighted by Gasteiger charge is -2.15. The molecule has 4 rings (SSSR count). The average Bonchev–Trinajstić information content (AvgIpc) is 2.86. The molecule has 0 spiro atoms. The number of unbranched alkanes of at least 4 members (excludes halogenated alkanes) is 2. The third-order valence-electron chi connectivity index (χ3n) is 6.25. The summed E-state index contributed by atoms with van der Waals surface area (Å²) >= 11 is 0. The van der Waals surface area contributed by atoms with E-state index in [2.05, 4.69) is 4.74 Å². The van der Waals surface area contributed by atoms with Crippen LogP contribution < -0.4 is 4.74 Å². The maximum absolute atomic E-state index is 15.0. The Kier molecular flexibility index (Phi) is 8.76. The summed E-state index contributed by atoms with van der Waals surface area (Å²) in [6.45, 7) is 2.03. The van der Waals surface area contributed by atoms with Crippen molar-refractivity contribution in [3.8, 4) is 28.0 Å². The van der Waals surface area contributed by atoms with Crippen molar-refractivity contribution in [2.75, 3.05) is 0 Å². The number of halogens is 9. The van der Waals surface area contributed by atoms with Gasteiger partial charge in [0.25, 0.3) is 6.36 Å². The number of ether oxygens (including phenoxy) is 1. The van der Waals surface area contributed by atoms with Crippen molar-refractivity contribution in [1.82, 2.24) is 0 Å². The molecule has 210 valence electrons. The lowest BCUT2D eigenvalue weighted by molar-refractivity contribution is 0.0591. The molecule has 0 heterocycles. The minimum absolute atomic E-state index is 0.0811. The molecule has 40 heavy (non-hydrogen) atoms. The van der Waals surface area contributed by atoms with Gasteiger partial charge in [0.15, 0.2) is 17.5 Å². The van der Waals surface area contributed by atoms with Crippen LogP contribution in [0, 0.1) is 46.5 Å². The maximum atomic E-state index is 15.0. The second kappa shape index (κ2) is 12.1. The molecule has 10 heteroatoms. The molecule has 4 aromatic rings. The Morgan fingerprint density at radius 1 is 0.625 bits per heavy atom. The molecule has 0 radical (unpaired) electrons. The molecule has 0 N–H and O–H groups in total. The van der Waals surface area contributed by atoms with Crippen LogP contribution >= 0.6 is 0 Å². The molecule has 1 unspecified atom stereocenters. The summed E-state index contributed by atoms with van der Waals surface area (Å²) in [6.07, 6.45) is 0.502. The summed E-state index contributed by atoms with van der Waals surface area (Å²) < 4.78 is 133. The third-order valence-corrected chi connectivity index (χ3v) is 6.25.